The maximum absolute atomic E-state index is 7.14. The molecule has 2 aliphatic carbocycles. The quantitative estimate of drug-likeness (QED) is 0.102. The van der Waals surface area contributed by atoms with Crippen molar-refractivity contribution in [1.29, 1.82) is 0 Å². The normalized spacial score (nSPS) is 13.0. The molecule has 1 N–H and O–H groups in total. The van der Waals surface area contributed by atoms with Crippen LogP contribution in [-0.2, 0) is 64.0 Å². The molecule has 9 aromatic rings. The molecule has 0 fully saturated rings. The molecule has 1 aromatic heterocycles. The van der Waals surface area contributed by atoms with E-state index in [1.165, 1.54) is 44.5 Å². The van der Waals surface area contributed by atoms with Crippen LogP contribution in [0.5, 0.6) is 0 Å². The molecule has 69 heavy (non-hydrogen) atoms. The van der Waals surface area contributed by atoms with Gasteiger partial charge in [0.25, 0.3) is 0 Å². The molecule has 8 aromatic carbocycles. The molecule has 1 atom stereocenters. The summed E-state index contributed by atoms with van der Waals surface area (Å²) in [6.07, 6.45) is 16.4. The fourth-order valence-electron chi connectivity index (χ4n) is 8.59. The number of amidine groups is 2. The number of aliphatic imine (C=N–C) groups is 2. The van der Waals surface area contributed by atoms with Gasteiger partial charge in [-0.05, 0) is 62.9 Å². The molecule has 0 radical (unpaired) electrons. The average molecular weight is 1250 g/mol. The molecule has 338 valence electrons. The summed E-state index contributed by atoms with van der Waals surface area (Å²) in [6.45, 7) is 0. The van der Waals surface area contributed by atoms with Crippen LogP contribution in [0.15, 0.2) is 216 Å². The van der Waals surface area contributed by atoms with Gasteiger partial charge in [-0.1, -0.05) is 182 Å². The predicted molar refractivity (Wildman–Crippen MR) is 269 cm³/mol. The summed E-state index contributed by atoms with van der Waals surface area (Å²) < 4.78 is 0. The Kier molecular flexibility index (Phi) is 15.7. The Balaban J connectivity index is 0.000000164. The Bertz CT molecular complexity index is 3210. The number of fused-ring (bicyclic) bond motifs is 6. The van der Waals surface area contributed by atoms with Crippen LogP contribution in [0.3, 0.4) is 0 Å². The number of benzene rings is 8. The SMILES string of the molecule is [Au+].[Au+].[C-]#Cc1ccc2c(c1)-c1ccccc1C2.[C-]#Cc1ccc2c(c1)-c1ccccc1C2.c1ccc(C2=NC(c3ccccc3)N=C(Cc3nc(-c4ccccc4)nc(-c4ccccc4)n3)N2)cc1. The molecule has 6 nitrogen and oxygen atoms in total. The molecule has 3 aliphatic rings. The largest absolute Gasteiger partial charge is 1.00 e. The second-order valence-electron chi connectivity index (χ2n) is 16.3. The van der Waals surface area contributed by atoms with Crippen molar-refractivity contribution >= 4 is 11.7 Å². The predicted octanol–water partition coefficient (Wildman–Crippen LogP) is 12.3. The summed E-state index contributed by atoms with van der Waals surface area (Å²) in [6, 6.07) is 69.3. The molecule has 12 rings (SSSR count). The van der Waals surface area contributed by atoms with Gasteiger partial charge in [-0.25, -0.2) is 24.9 Å². The zero-order valence-electron chi connectivity index (χ0n) is 37.2. The smallest absolute Gasteiger partial charge is 0.366 e. The van der Waals surface area contributed by atoms with Gasteiger partial charge in [-0.3, -0.25) is 11.8 Å². The summed E-state index contributed by atoms with van der Waals surface area (Å²) in [5.74, 6) is 8.32. The van der Waals surface area contributed by atoms with Crippen molar-refractivity contribution in [2.24, 2.45) is 9.98 Å². The van der Waals surface area contributed by atoms with Crippen LogP contribution >= 0.6 is 0 Å². The van der Waals surface area contributed by atoms with Gasteiger partial charge in [-0.15, -0.1) is 35.4 Å². The van der Waals surface area contributed by atoms with Crippen LogP contribution in [0.4, 0.5) is 0 Å². The van der Waals surface area contributed by atoms with E-state index in [0.717, 1.165) is 57.9 Å². The van der Waals surface area contributed by atoms with Gasteiger partial charge >= 0.3 is 44.8 Å². The first-order valence-corrected chi connectivity index (χ1v) is 22.2. The summed E-state index contributed by atoms with van der Waals surface area (Å²) >= 11 is 0. The number of rotatable bonds is 6. The minimum atomic E-state index is -0.350. The van der Waals surface area contributed by atoms with Gasteiger partial charge in [0.15, 0.2) is 17.8 Å². The second-order valence-corrected chi connectivity index (χ2v) is 16.3. The summed E-state index contributed by atoms with van der Waals surface area (Å²) in [5.41, 5.74) is 16.2. The molecule has 0 bridgehead atoms. The maximum atomic E-state index is 7.14. The van der Waals surface area contributed by atoms with E-state index in [2.05, 4.69) is 77.8 Å². The van der Waals surface area contributed by atoms with Gasteiger partial charge in [0.1, 0.15) is 17.5 Å². The molecular weight excluding hydrogens is 1210 g/mol. The Morgan fingerprint density at radius 3 is 1.33 bits per heavy atom. The molecule has 8 heteroatoms. The number of hydrogen-bond donors (Lipinski definition) is 1. The van der Waals surface area contributed by atoms with E-state index in [-0.39, 0.29) is 50.9 Å². The van der Waals surface area contributed by atoms with E-state index in [1.54, 1.807) is 0 Å². The van der Waals surface area contributed by atoms with Gasteiger partial charge in [0.05, 0.1) is 6.42 Å². The first-order chi connectivity index (χ1) is 33.1. The molecule has 1 unspecified atom stereocenters. The van der Waals surface area contributed by atoms with Crippen molar-refractivity contribution < 1.29 is 44.8 Å². The summed E-state index contributed by atoms with van der Waals surface area (Å²) in [7, 11) is 0. The van der Waals surface area contributed by atoms with Crippen molar-refractivity contribution in [2.75, 3.05) is 0 Å². The molecular formula is C61H42Au2N6. The maximum Gasteiger partial charge on any atom is 1.00 e. The third-order valence-electron chi connectivity index (χ3n) is 11.9. The minimum absolute atomic E-state index is 0. The van der Waals surface area contributed by atoms with Crippen LogP contribution in [0.2, 0.25) is 0 Å². The number of aromatic nitrogens is 3. The zero-order valence-corrected chi connectivity index (χ0v) is 41.5. The zero-order chi connectivity index (χ0) is 45.4. The van der Waals surface area contributed by atoms with Gasteiger partial charge in [0.2, 0.25) is 0 Å². The van der Waals surface area contributed by atoms with Crippen molar-refractivity contribution in [3.63, 3.8) is 0 Å². The van der Waals surface area contributed by atoms with Gasteiger partial charge in [0, 0.05) is 16.7 Å². The van der Waals surface area contributed by atoms with E-state index in [0.29, 0.717) is 23.9 Å². The molecule has 2 heterocycles. The standard InChI is InChI=1S/C31H24N6.2C15H9.2Au/c1-5-13-22(14-6-1)28-32-26(33-29(36-28)23-15-7-2-8-16-23)21-27-34-30(24-17-9-3-10-18-24)37-31(35-27)25-19-11-4-12-20-25;2*1-2-11-7-8-13-10-12-5-3-4-6-14(12)15(13)9-11;;/h1-20,28H,21H2,(H,32,33,36);2*3-9H,10H2;;/q;2*-1;2*+1. The van der Waals surface area contributed by atoms with Crippen LogP contribution in [0.25, 0.3) is 45.0 Å². The van der Waals surface area contributed by atoms with E-state index in [9.17, 15) is 0 Å². The van der Waals surface area contributed by atoms with Crippen LogP contribution in [0.1, 0.15) is 56.5 Å². The molecule has 0 amide bonds. The Morgan fingerprint density at radius 2 is 0.855 bits per heavy atom. The third-order valence-corrected chi connectivity index (χ3v) is 11.9. The van der Waals surface area contributed by atoms with Crippen molar-refractivity contribution in [1.82, 2.24) is 20.3 Å². The topological polar surface area (TPSA) is 75.4 Å². The number of hydrogen-bond acceptors (Lipinski definition) is 6. The van der Waals surface area contributed by atoms with Crippen LogP contribution in [-0.4, -0.2) is 26.6 Å². The number of nitrogens with one attached hydrogen (secondary N) is 1. The third kappa shape index (κ3) is 11.1. The fourth-order valence-corrected chi connectivity index (χ4v) is 8.59. The van der Waals surface area contributed by atoms with E-state index < -0.39 is 0 Å². The van der Waals surface area contributed by atoms with Crippen LogP contribution in [0, 0.1) is 24.7 Å². The molecule has 1 aliphatic heterocycles. The van der Waals surface area contributed by atoms with E-state index >= 15 is 0 Å². The number of nitrogens with zero attached hydrogens (tertiary/aromatic N) is 5. The molecule has 0 spiro atoms. The second kappa shape index (κ2) is 22.5. The first-order valence-electron chi connectivity index (χ1n) is 22.2. The van der Waals surface area contributed by atoms with Gasteiger partial charge in [-0.2, -0.15) is 0 Å². The van der Waals surface area contributed by atoms with E-state index in [4.69, 9.17) is 37.8 Å². The Labute approximate surface area is 435 Å². The summed E-state index contributed by atoms with van der Waals surface area (Å²) in [5, 5.41) is 3.44. The summed E-state index contributed by atoms with van der Waals surface area (Å²) in [4.78, 5) is 24.3. The molecule has 0 saturated carbocycles. The Hall–Kier alpha value is -7.49. The van der Waals surface area contributed by atoms with Crippen LogP contribution < -0.4 is 5.32 Å². The minimum Gasteiger partial charge on any atom is -0.366 e. The average Bonchev–Trinajstić information content (AvgIpc) is 3.97. The van der Waals surface area contributed by atoms with Crippen molar-refractivity contribution in [3.05, 3.63) is 269 Å². The first kappa shape index (κ1) is 48.0. The van der Waals surface area contributed by atoms with Crippen molar-refractivity contribution in [3.8, 4) is 56.9 Å². The monoisotopic (exact) mass is 1250 g/mol. The molecule has 0 saturated heterocycles. The fraction of sp³-hybridized carbons (Fsp3) is 0.0656. The van der Waals surface area contributed by atoms with E-state index in [1.807, 2.05) is 146 Å². The Morgan fingerprint density at radius 1 is 0.435 bits per heavy atom. The van der Waals surface area contributed by atoms with Gasteiger partial charge < -0.3 is 18.2 Å². The van der Waals surface area contributed by atoms with Crippen molar-refractivity contribution in [2.45, 2.75) is 25.4 Å².